The van der Waals surface area contributed by atoms with Gasteiger partial charge in [-0.25, -0.2) is 0 Å². The van der Waals surface area contributed by atoms with E-state index in [0.717, 1.165) is 40.7 Å². The molecule has 0 saturated heterocycles. The number of hydrogen-bond acceptors (Lipinski definition) is 2. The fourth-order valence-electron chi connectivity index (χ4n) is 3.43. The lowest BCUT2D eigenvalue weighted by Gasteiger charge is -2.15. The highest BCUT2D eigenvalue weighted by molar-refractivity contribution is 6.02. The average Bonchev–Trinajstić information content (AvgIpc) is 2.69. The number of rotatable bonds is 7. The van der Waals surface area contributed by atoms with E-state index in [1.54, 1.807) is 0 Å². The zero-order valence-electron chi connectivity index (χ0n) is 16.3. The molecule has 140 valence electrons. The van der Waals surface area contributed by atoms with Gasteiger partial charge in [0.25, 0.3) is 5.91 Å². The summed E-state index contributed by atoms with van der Waals surface area (Å²) in [5.41, 5.74) is 5.21. The van der Waals surface area contributed by atoms with Crippen molar-refractivity contribution in [3.8, 4) is 0 Å². The van der Waals surface area contributed by atoms with E-state index < -0.39 is 0 Å². The zero-order chi connectivity index (χ0) is 19.2. The predicted octanol–water partition coefficient (Wildman–Crippen LogP) is 3.24. The molecule has 0 aliphatic rings. The Kier molecular flexibility index (Phi) is 6.20. The van der Waals surface area contributed by atoms with Crippen molar-refractivity contribution in [1.82, 2.24) is 4.98 Å². The molecule has 27 heavy (non-hydrogen) atoms. The van der Waals surface area contributed by atoms with Gasteiger partial charge >= 0.3 is 0 Å². The number of nitrogens with zero attached hydrogens (tertiary/aromatic N) is 1. The van der Waals surface area contributed by atoms with E-state index in [1.165, 1.54) is 5.56 Å². The Morgan fingerprint density at radius 1 is 1.11 bits per heavy atom. The summed E-state index contributed by atoms with van der Waals surface area (Å²) in [5, 5.41) is 6.23. The average molecular weight is 362 g/mol. The molecule has 2 aromatic carbocycles. The fraction of sp³-hybridized carbons (Fsp3) is 0.304. The number of aryl methyl sites for hydroxylation is 1. The van der Waals surface area contributed by atoms with Crippen molar-refractivity contribution in [3.63, 3.8) is 0 Å². The quantitative estimate of drug-likeness (QED) is 0.678. The second-order valence-corrected chi connectivity index (χ2v) is 7.08. The molecule has 1 amide bonds. The summed E-state index contributed by atoms with van der Waals surface area (Å²) < 4.78 is 0. The van der Waals surface area contributed by atoms with Crippen molar-refractivity contribution in [3.05, 3.63) is 71.4 Å². The second kappa shape index (κ2) is 8.78. The van der Waals surface area contributed by atoms with Gasteiger partial charge < -0.3 is 10.6 Å². The van der Waals surface area contributed by atoms with Crippen LogP contribution in [-0.4, -0.2) is 23.5 Å². The molecule has 1 heterocycles. The Hall–Kier alpha value is -2.72. The zero-order valence-corrected chi connectivity index (χ0v) is 16.3. The van der Waals surface area contributed by atoms with Gasteiger partial charge in [-0.15, -0.1) is 0 Å². The van der Waals surface area contributed by atoms with E-state index in [2.05, 4.69) is 48.7 Å². The molecule has 0 unspecified atom stereocenters. The van der Waals surface area contributed by atoms with Crippen LogP contribution in [0.2, 0.25) is 0 Å². The summed E-state index contributed by atoms with van der Waals surface area (Å²) in [6.07, 6.45) is 1.80. The maximum atomic E-state index is 12.6. The minimum atomic E-state index is 0.0245. The highest BCUT2D eigenvalue weighted by atomic mass is 16.1. The number of hydrogen-bond donors (Lipinski definition) is 2. The molecular formula is C23H28N3O+. The van der Waals surface area contributed by atoms with Gasteiger partial charge in [-0.1, -0.05) is 55.5 Å². The first-order valence-electron chi connectivity index (χ1n) is 9.63. The Bertz CT molecular complexity index is 922. The first kappa shape index (κ1) is 19.1. The van der Waals surface area contributed by atoms with Gasteiger partial charge in [-0.3, -0.25) is 9.78 Å². The molecule has 0 fully saturated rings. The minimum Gasteiger partial charge on any atom is -0.336 e. The van der Waals surface area contributed by atoms with Gasteiger partial charge in [-0.2, -0.15) is 0 Å². The van der Waals surface area contributed by atoms with Crippen LogP contribution in [0.4, 0.5) is 5.69 Å². The third-order valence-corrected chi connectivity index (χ3v) is 4.94. The van der Waals surface area contributed by atoms with Crippen LogP contribution < -0.4 is 10.6 Å². The highest BCUT2D eigenvalue weighted by Gasteiger charge is 2.15. The van der Waals surface area contributed by atoms with Crippen molar-refractivity contribution < 1.29 is 10.1 Å². The van der Waals surface area contributed by atoms with Crippen molar-refractivity contribution in [1.29, 1.82) is 0 Å². The number of fused-ring (bicyclic) bond motifs is 1. The number of nitrogens with two attached hydrogens (primary N) is 1. The molecule has 1 atom stereocenters. The normalized spacial score (nSPS) is 12.1. The number of quaternary nitrogens is 1. The smallest absolute Gasteiger partial charge is 0.279 e. The van der Waals surface area contributed by atoms with E-state index in [9.17, 15) is 4.79 Å². The summed E-state index contributed by atoms with van der Waals surface area (Å²) in [6.45, 7) is 6.69. The lowest BCUT2D eigenvalue weighted by atomic mass is 10.1. The number of pyridine rings is 1. The number of benzene rings is 2. The van der Waals surface area contributed by atoms with Crippen LogP contribution in [0.1, 0.15) is 30.7 Å². The molecule has 0 bridgehead atoms. The van der Waals surface area contributed by atoms with E-state index in [1.807, 2.05) is 37.3 Å². The Labute approximate surface area is 161 Å². The molecule has 3 aromatic rings. The summed E-state index contributed by atoms with van der Waals surface area (Å²) in [4.78, 5) is 17.3. The topological polar surface area (TPSA) is 58.6 Å². The summed E-state index contributed by atoms with van der Waals surface area (Å²) in [7, 11) is 0. The monoisotopic (exact) mass is 362 g/mol. The van der Waals surface area contributed by atoms with E-state index in [0.29, 0.717) is 12.6 Å². The maximum absolute atomic E-state index is 12.6. The summed E-state index contributed by atoms with van der Waals surface area (Å²) >= 11 is 0. The fourth-order valence-corrected chi connectivity index (χ4v) is 3.43. The van der Waals surface area contributed by atoms with Gasteiger partial charge in [0, 0.05) is 17.5 Å². The van der Waals surface area contributed by atoms with Crippen LogP contribution in [0.5, 0.6) is 0 Å². The SMILES string of the molecule is CCc1nc2ccccc2c(NC(=O)C[NH2+][C@H](C)Cc2ccccc2)c1C. The number of nitrogens with one attached hydrogen (secondary N) is 1. The lowest BCUT2D eigenvalue weighted by molar-refractivity contribution is -0.675. The van der Waals surface area contributed by atoms with Crippen molar-refractivity contribution in [2.45, 2.75) is 39.7 Å². The van der Waals surface area contributed by atoms with Crippen LogP contribution in [0.3, 0.4) is 0 Å². The third kappa shape index (κ3) is 4.72. The van der Waals surface area contributed by atoms with Crippen LogP contribution in [0, 0.1) is 6.92 Å². The van der Waals surface area contributed by atoms with Crippen molar-refractivity contribution in [2.24, 2.45) is 0 Å². The van der Waals surface area contributed by atoms with Crippen molar-refractivity contribution >= 4 is 22.5 Å². The molecule has 4 heteroatoms. The molecule has 0 spiro atoms. The molecule has 0 aliphatic carbocycles. The Morgan fingerprint density at radius 3 is 2.56 bits per heavy atom. The first-order chi connectivity index (χ1) is 13.1. The van der Waals surface area contributed by atoms with E-state index in [4.69, 9.17) is 4.98 Å². The highest BCUT2D eigenvalue weighted by Crippen LogP contribution is 2.28. The molecule has 0 saturated carbocycles. The molecule has 3 rings (SSSR count). The molecule has 0 radical (unpaired) electrons. The van der Waals surface area contributed by atoms with Crippen LogP contribution in [-0.2, 0) is 17.6 Å². The van der Waals surface area contributed by atoms with Gasteiger partial charge in [-0.05, 0) is 37.5 Å². The molecule has 4 nitrogen and oxygen atoms in total. The second-order valence-electron chi connectivity index (χ2n) is 7.08. The van der Waals surface area contributed by atoms with Gasteiger partial charge in [0.2, 0.25) is 0 Å². The predicted molar refractivity (Wildman–Crippen MR) is 111 cm³/mol. The standard InChI is InChI=1S/C23H27N3O/c1-4-20-17(3)23(19-12-8-9-13-21(19)25-20)26-22(27)15-24-16(2)14-18-10-6-5-7-11-18/h5-13,16,24H,4,14-15H2,1-3H3,(H,25,26,27)/p+1/t16-/m1/s1. The summed E-state index contributed by atoms with van der Waals surface area (Å²) in [6, 6.07) is 18.7. The van der Waals surface area contributed by atoms with Crippen molar-refractivity contribution in [2.75, 3.05) is 11.9 Å². The Morgan fingerprint density at radius 2 is 1.81 bits per heavy atom. The van der Waals surface area contributed by atoms with Gasteiger partial charge in [0.05, 0.1) is 17.2 Å². The third-order valence-electron chi connectivity index (χ3n) is 4.94. The molecule has 3 N–H and O–H groups in total. The Balaban J connectivity index is 1.68. The van der Waals surface area contributed by atoms with Crippen LogP contribution in [0.25, 0.3) is 10.9 Å². The number of amides is 1. The largest absolute Gasteiger partial charge is 0.336 e. The molecule has 0 aliphatic heterocycles. The van der Waals surface area contributed by atoms with E-state index >= 15 is 0 Å². The molecular weight excluding hydrogens is 334 g/mol. The maximum Gasteiger partial charge on any atom is 0.279 e. The minimum absolute atomic E-state index is 0.0245. The number of carbonyl (C=O) groups is 1. The summed E-state index contributed by atoms with van der Waals surface area (Å²) in [5.74, 6) is 0.0245. The number of para-hydroxylation sites is 1. The number of carbonyl (C=O) groups excluding carboxylic acids is 1. The number of aromatic nitrogens is 1. The van der Waals surface area contributed by atoms with Gasteiger partial charge in [0.1, 0.15) is 0 Å². The first-order valence-corrected chi connectivity index (χ1v) is 9.63. The van der Waals surface area contributed by atoms with Crippen LogP contribution in [0.15, 0.2) is 54.6 Å². The van der Waals surface area contributed by atoms with Crippen LogP contribution >= 0.6 is 0 Å². The molecule has 1 aromatic heterocycles. The van der Waals surface area contributed by atoms with E-state index in [-0.39, 0.29) is 5.91 Å². The lowest BCUT2D eigenvalue weighted by Crippen LogP contribution is -2.91. The number of anilines is 1. The van der Waals surface area contributed by atoms with Gasteiger partial charge in [0.15, 0.2) is 6.54 Å².